The summed E-state index contributed by atoms with van der Waals surface area (Å²) in [7, 11) is 0. The molecule has 0 bridgehead atoms. The molecule has 0 saturated carbocycles. The van der Waals surface area contributed by atoms with Crippen molar-refractivity contribution in [1.82, 2.24) is 4.90 Å². The van der Waals surface area contributed by atoms with Crippen LogP contribution >= 0.6 is 0 Å². The Balaban J connectivity index is 2.08. The topological polar surface area (TPSA) is 67.9 Å². The van der Waals surface area contributed by atoms with E-state index in [9.17, 15) is 4.79 Å². The summed E-state index contributed by atoms with van der Waals surface area (Å²) in [6, 6.07) is 7.31. The lowest BCUT2D eigenvalue weighted by Gasteiger charge is -2.26. The molecule has 5 nitrogen and oxygen atoms in total. The number of aliphatic imine (C=N–C) groups is 1. The third-order valence-electron chi connectivity index (χ3n) is 2.49. The molecule has 90 valence electrons. The summed E-state index contributed by atoms with van der Waals surface area (Å²) in [5, 5.41) is 0. The third-order valence-corrected chi connectivity index (χ3v) is 2.49. The van der Waals surface area contributed by atoms with E-state index in [-0.39, 0.29) is 0 Å². The first-order valence-corrected chi connectivity index (χ1v) is 5.50. The lowest BCUT2D eigenvalue weighted by Crippen LogP contribution is -2.40. The number of nitrogen functional groups attached to an aromatic ring is 1. The lowest BCUT2D eigenvalue weighted by molar-refractivity contribution is -0.109. The molecule has 0 aromatic heterocycles. The number of morpholine rings is 1. The van der Waals surface area contributed by atoms with Gasteiger partial charge < -0.3 is 15.3 Å². The Morgan fingerprint density at radius 2 is 2.41 bits per heavy atom. The van der Waals surface area contributed by atoms with Crippen LogP contribution in [-0.2, 0) is 9.53 Å². The Labute approximate surface area is 99.9 Å². The van der Waals surface area contributed by atoms with Crippen molar-refractivity contribution in [2.24, 2.45) is 4.99 Å². The molecule has 17 heavy (non-hydrogen) atoms. The lowest BCUT2D eigenvalue weighted by atomic mass is 10.3. The number of carbonyl (C=O) groups is 1. The zero-order valence-corrected chi connectivity index (χ0v) is 9.50. The van der Waals surface area contributed by atoms with E-state index in [1.54, 1.807) is 6.07 Å². The maximum atomic E-state index is 10.4. The van der Waals surface area contributed by atoms with Gasteiger partial charge in [-0.3, -0.25) is 4.90 Å². The van der Waals surface area contributed by atoms with Crippen LogP contribution in [0.15, 0.2) is 29.3 Å². The van der Waals surface area contributed by atoms with Crippen molar-refractivity contribution in [1.29, 1.82) is 0 Å². The summed E-state index contributed by atoms with van der Waals surface area (Å²) in [6.07, 6.45) is 0.892. The van der Waals surface area contributed by atoms with Crippen molar-refractivity contribution in [2.75, 3.05) is 32.0 Å². The van der Waals surface area contributed by atoms with Crippen molar-refractivity contribution in [3.8, 4) is 0 Å². The molecule has 2 rings (SSSR count). The van der Waals surface area contributed by atoms with Crippen molar-refractivity contribution in [2.45, 2.75) is 0 Å². The van der Waals surface area contributed by atoms with Crippen LogP contribution in [0.1, 0.15) is 0 Å². The van der Waals surface area contributed by atoms with Gasteiger partial charge in [-0.05, 0) is 18.2 Å². The zero-order chi connectivity index (χ0) is 12.1. The second-order valence-corrected chi connectivity index (χ2v) is 3.85. The molecular weight excluding hydrogens is 218 g/mol. The predicted octanol–water partition coefficient (Wildman–Crippen LogP) is 0.830. The number of nitrogens with zero attached hydrogens (tertiary/aromatic N) is 2. The Hall–Kier alpha value is -1.88. The summed E-state index contributed by atoms with van der Waals surface area (Å²) in [4.78, 5) is 16.8. The van der Waals surface area contributed by atoms with E-state index < -0.39 is 0 Å². The highest BCUT2D eigenvalue weighted by Crippen LogP contribution is 2.16. The molecule has 1 aliphatic rings. The molecule has 1 heterocycles. The van der Waals surface area contributed by atoms with E-state index in [2.05, 4.69) is 4.99 Å². The number of carbonyl (C=O) groups excluding carboxylic acids is 1. The monoisotopic (exact) mass is 233 g/mol. The number of nitrogens with two attached hydrogens (primary N) is 1. The molecule has 1 saturated heterocycles. The fraction of sp³-hybridized carbons (Fsp3) is 0.333. The van der Waals surface area contributed by atoms with Gasteiger partial charge in [0, 0.05) is 12.2 Å². The molecule has 1 aliphatic heterocycles. The first-order chi connectivity index (χ1) is 8.28. The molecular formula is C12H15N3O2. The van der Waals surface area contributed by atoms with Gasteiger partial charge in [0.1, 0.15) is 12.9 Å². The number of hydrogen-bond donors (Lipinski definition) is 1. The Morgan fingerprint density at radius 3 is 3.18 bits per heavy atom. The minimum atomic E-state index is 0.416. The zero-order valence-electron chi connectivity index (χ0n) is 9.50. The molecule has 0 amide bonds. The highest BCUT2D eigenvalue weighted by Gasteiger charge is 2.15. The highest BCUT2D eigenvalue weighted by atomic mass is 16.5. The van der Waals surface area contributed by atoms with Crippen LogP contribution in [0, 0.1) is 0 Å². The Bertz CT molecular complexity index is 432. The van der Waals surface area contributed by atoms with Crippen LogP contribution in [0.4, 0.5) is 11.4 Å². The Morgan fingerprint density at radius 1 is 1.53 bits per heavy atom. The predicted molar refractivity (Wildman–Crippen MR) is 66.4 cm³/mol. The van der Waals surface area contributed by atoms with Crippen LogP contribution in [0.5, 0.6) is 0 Å². The minimum Gasteiger partial charge on any atom is -0.478 e. The largest absolute Gasteiger partial charge is 0.478 e. The van der Waals surface area contributed by atoms with Gasteiger partial charge in [0.15, 0.2) is 0 Å². The standard InChI is InChI=1S/C12H15N3O2/c13-10-2-1-3-11(8-10)14-12-9-15(4-6-16)5-7-17-12/h1-3,6,8H,4-5,7,9,13H2. The second kappa shape index (κ2) is 5.45. The average molecular weight is 233 g/mol. The maximum Gasteiger partial charge on any atom is 0.203 e. The van der Waals surface area contributed by atoms with Gasteiger partial charge in [-0.1, -0.05) is 6.07 Å². The van der Waals surface area contributed by atoms with E-state index >= 15 is 0 Å². The smallest absolute Gasteiger partial charge is 0.203 e. The number of aldehydes is 1. The van der Waals surface area contributed by atoms with Crippen LogP contribution in [0.2, 0.25) is 0 Å². The van der Waals surface area contributed by atoms with Gasteiger partial charge in [-0.2, -0.15) is 0 Å². The van der Waals surface area contributed by atoms with Gasteiger partial charge in [-0.15, -0.1) is 0 Å². The number of rotatable bonds is 3. The minimum absolute atomic E-state index is 0.416. The van der Waals surface area contributed by atoms with Gasteiger partial charge in [0.2, 0.25) is 5.90 Å². The summed E-state index contributed by atoms with van der Waals surface area (Å²) < 4.78 is 5.45. The fourth-order valence-corrected chi connectivity index (χ4v) is 1.68. The van der Waals surface area contributed by atoms with Crippen molar-refractivity contribution >= 4 is 23.6 Å². The molecule has 1 aromatic carbocycles. The van der Waals surface area contributed by atoms with Crippen molar-refractivity contribution < 1.29 is 9.53 Å². The van der Waals surface area contributed by atoms with Crippen LogP contribution in [-0.4, -0.2) is 43.3 Å². The molecule has 2 N–H and O–H groups in total. The van der Waals surface area contributed by atoms with E-state index in [1.165, 1.54) is 0 Å². The summed E-state index contributed by atoms with van der Waals surface area (Å²) in [5.74, 6) is 0.628. The number of hydrogen-bond acceptors (Lipinski definition) is 5. The molecule has 5 heteroatoms. The molecule has 0 radical (unpaired) electrons. The van der Waals surface area contributed by atoms with Crippen LogP contribution < -0.4 is 5.73 Å². The van der Waals surface area contributed by atoms with E-state index in [0.29, 0.717) is 31.3 Å². The van der Waals surface area contributed by atoms with E-state index in [4.69, 9.17) is 10.5 Å². The SMILES string of the molecule is Nc1cccc(N=C2CN(CC=O)CCO2)c1. The fourth-order valence-electron chi connectivity index (χ4n) is 1.68. The van der Waals surface area contributed by atoms with E-state index in [0.717, 1.165) is 18.5 Å². The van der Waals surface area contributed by atoms with Crippen LogP contribution in [0.25, 0.3) is 0 Å². The molecule has 0 aliphatic carbocycles. The quantitative estimate of drug-likeness (QED) is 0.620. The van der Waals surface area contributed by atoms with Crippen molar-refractivity contribution in [3.05, 3.63) is 24.3 Å². The average Bonchev–Trinajstić information content (AvgIpc) is 2.30. The summed E-state index contributed by atoms with van der Waals surface area (Å²) >= 11 is 0. The van der Waals surface area contributed by atoms with Crippen molar-refractivity contribution in [3.63, 3.8) is 0 Å². The molecule has 1 aromatic rings. The number of ether oxygens (including phenoxy) is 1. The molecule has 0 unspecified atom stereocenters. The van der Waals surface area contributed by atoms with Gasteiger partial charge in [0.25, 0.3) is 0 Å². The van der Waals surface area contributed by atoms with Crippen LogP contribution in [0.3, 0.4) is 0 Å². The number of benzene rings is 1. The molecule has 1 fully saturated rings. The van der Waals surface area contributed by atoms with Gasteiger partial charge in [0.05, 0.1) is 18.8 Å². The second-order valence-electron chi connectivity index (χ2n) is 3.85. The summed E-state index contributed by atoms with van der Waals surface area (Å²) in [6.45, 7) is 2.30. The maximum absolute atomic E-state index is 10.4. The summed E-state index contributed by atoms with van der Waals surface area (Å²) in [5.41, 5.74) is 7.12. The van der Waals surface area contributed by atoms with Gasteiger partial charge in [-0.25, -0.2) is 4.99 Å². The van der Waals surface area contributed by atoms with E-state index in [1.807, 2.05) is 23.1 Å². The van der Waals surface area contributed by atoms with Gasteiger partial charge >= 0.3 is 0 Å². The first kappa shape index (κ1) is 11.6. The Kier molecular flexibility index (Phi) is 3.72. The normalized spacial score (nSPS) is 18.9. The first-order valence-electron chi connectivity index (χ1n) is 5.50. The molecule has 0 spiro atoms. The molecule has 0 atom stereocenters. The third kappa shape index (κ3) is 3.29. The number of anilines is 1. The highest BCUT2D eigenvalue weighted by molar-refractivity contribution is 5.82.